The summed E-state index contributed by atoms with van der Waals surface area (Å²) in [6.45, 7) is -0.412. The van der Waals surface area contributed by atoms with Crippen molar-refractivity contribution in [2.45, 2.75) is 4.90 Å². The van der Waals surface area contributed by atoms with Gasteiger partial charge >= 0.3 is 11.9 Å². The topological polar surface area (TPSA) is 137 Å². The van der Waals surface area contributed by atoms with Crippen LogP contribution in [0.3, 0.4) is 0 Å². The first kappa shape index (κ1) is 25.2. The number of benzene rings is 3. The third kappa shape index (κ3) is 6.81. The fourth-order valence-corrected chi connectivity index (χ4v) is 4.01. The standard InChI is InChI=1S/C24H22N2O8S/c1-32-23(28)16-12-17(24(29)33-2)14-19(13-16)25-22(27)15-34-20-8-10-21(11-9-20)35(30,31)26-18-6-4-3-5-7-18/h3-14,26H,15H2,1-2H3,(H,25,27). The monoisotopic (exact) mass is 498 g/mol. The van der Waals surface area contributed by atoms with E-state index in [0.29, 0.717) is 5.69 Å². The largest absolute Gasteiger partial charge is 0.484 e. The minimum Gasteiger partial charge on any atom is -0.484 e. The van der Waals surface area contributed by atoms with Crippen LogP contribution in [0.2, 0.25) is 0 Å². The zero-order valence-corrected chi connectivity index (χ0v) is 19.6. The van der Waals surface area contributed by atoms with E-state index in [1.807, 2.05) is 0 Å². The van der Waals surface area contributed by atoms with Gasteiger partial charge in [0.1, 0.15) is 5.75 Å². The van der Waals surface area contributed by atoms with Crippen LogP contribution in [0.5, 0.6) is 5.75 Å². The highest BCUT2D eigenvalue weighted by molar-refractivity contribution is 7.92. The Labute approximate surface area is 201 Å². The number of para-hydroxylation sites is 1. The Balaban J connectivity index is 1.64. The molecule has 2 N–H and O–H groups in total. The Morgan fingerprint density at radius 2 is 1.34 bits per heavy atom. The van der Waals surface area contributed by atoms with Crippen molar-refractivity contribution >= 4 is 39.2 Å². The van der Waals surface area contributed by atoms with Gasteiger partial charge in [0.25, 0.3) is 15.9 Å². The molecule has 0 radical (unpaired) electrons. The highest BCUT2D eigenvalue weighted by Gasteiger charge is 2.16. The number of nitrogens with one attached hydrogen (secondary N) is 2. The molecule has 35 heavy (non-hydrogen) atoms. The zero-order chi connectivity index (χ0) is 25.4. The number of sulfonamides is 1. The van der Waals surface area contributed by atoms with Crippen LogP contribution >= 0.6 is 0 Å². The Kier molecular flexibility index (Phi) is 8.05. The van der Waals surface area contributed by atoms with Crippen LogP contribution in [-0.2, 0) is 24.3 Å². The molecular weight excluding hydrogens is 476 g/mol. The molecule has 0 saturated heterocycles. The summed E-state index contributed by atoms with van der Waals surface area (Å²) < 4.78 is 42.2. The summed E-state index contributed by atoms with van der Waals surface area (Å²) >= 11 is 0. The number of ether oxygens (including phenoxy) is 3. The lowest BCUT2D eigenvalue weighted by atomic mass is 10.1. The van der Waals surface area contributed by atoms with E-state index < -0.39 is 34.5 Å². The number of esters is 2. The van der Waals surface area contributed by atoms with E-state index in [9.17, 15) is 22.8 Å². The third-order valence-corrected chi connectivity index (χ3v) is 5.99. The normalized spacial score (nSPS) is 10.7. The van der Waals surface area contributed by atoms with Crippen molar-refractivity contribution in [2.24, 2.45) is 0 Å². The summed E-state index contributed by atoms with van der Waals surface area (Å²) in [5.74, 6) is -1.71. The number of carbonyl (C=O) groups is 3. The second-order valence-corrected chi connectivity index (χ2v) is 8.74. The molecule has 10 nitrogen and oxygen atoms in total. The minimum absolute atomic E-state index is 0.0214. The number of carbonyl (C=O) groups excluding carboxylic acids is 3. The molecule has 3 aromatic carbocycles. The van der Waals surface area contributed by atoms with E-state index >= 15 is 0 Å². The molecule has 0 heterocycles. The number of hydrogen-bond acceptors (Lipinski definition) is 8. The molecule has 0 spiro atoms. The molecule has 0 aliphatic rings. The molecular formula is C24H22N2O8S. The molecule has 0 bridgehead atoms. The van der Waals surface area contributed by atoms with Gasteiger partial charge in [-0.25, -0.2) is 18.0 Å². The van der Waals surface area contributed by atoms with Gasteiger partial charge in [-0.2, -0.15) is 0 Å². The molecule has 0 saturated carbocycles. The predicted molar refractivity (Wildman–Crippen MR) is 127 cm³/mol. The summed E-state index contributed by atoms with van der Waals surface area (Å²) in [5, 5.41) is 2.53. The lowest BCUT2D eigenvalue weighted by Gasteiger charge is -2.11. The van der Waals surface area contributed by atoms with Gasteiger partial charge in [-0.15, -0.1) is 0 Å². The first-order chi connectivity index (χ1) is 16.7. The molecule has 11 heteroatoms. The van der Waals surface area contributed by atoms with Crippen molar-refractivity contribution in [3.63, 3.8) is 0 Å². The smallest absolute Gasteiger partial charge is 0.337 e. The van der Waals surface area contributed by atoms with Gasteiger partial charge in [-0.05, 0) is 54.6 Å². The van der Waals surface area contributed by atoms with Gasteiger partial charge < -0.3 is 19.5 Å². The second kappa shape index (κ2) is 11.2. The average molecular weight is 499 g/mol. The first-order valence-corrected chi connectivity index (χ1v) is 11.6. The number of rotatable bonds is 9. The molecule has 0 aliphatic carbocycles. The van der Waals surface area contributed by atoms with Gasteiger partial charge in [-0.1, -0.05) is 18.2 Å². The van der Waals surface area contributed by atoms with E-state index in [1.54, 1.807) is 30.3 Å². The van der Waals surface area contributed by atoms with Crippen molar-refractivity contribution in [3.8, 4) is 5.75 Å². The molecule has 1 amide bonds. The average Bonchev–Trinajstić information content (AvgIpc) is 2.86. The molecule has 0 unspecified atom stereocenters. The molecule has 182 valence electrons. The quantitative estimate of drug-likeness (QED) is 0.430. The summed E-state index contributed by atoms with van der Waals surface area (Å²) in [6, 6.07) is 17.9. The van der Waals surface area contributed by atoms with Crippen molar-refractivity contribution in [1.82, 2.24) is 0 Å². The van der Waals surface area contributed by atoms with E-state index in [-0.39, 0.29) is 27.5 Å². The summed E-state index contributed by atoms with van der Waals surface area (Å²) in [7, 11) is -1.41. The van der Waals surface area contributed by atoms with Crippen LogP contribution in [-0.4, -0.2) is 47.1 Å². The van der Waals surface area contributed by atoms with Crippen molar-refractivity contribution < 1.29 is 37.0 Å². The fraction of sp³-hybridized carbons (Fsp3) is 0.125. The van der Waals surface area contributed by atoms with Crippen molar-refractivity contribution in [1.29, 1.82) is 0 Å². The van der Waals surface area contributed by atoms with Crippen LogP contribution in [0.15, 0.2) is 77.7 Å². The van der Waals surface area contributed by atoms with Crippen molar-refractivity contribution in [3.05, 3.63) is 83.9 Å². The van der Waals surface area contributed by atoms with Gasteiger partial charge in [0.2, 0.25) is 0 Å². The van der Waals surface area contributed by atoms with Gasteiger partial charge in [0, 0.05) is 11.4 Å². The first-order valence-electron chi connectivity index (χ1n) is 10.1. The van der Waals surface area contributed by atoms with Gasteiger partial charge in [0.05, 0.1) is 30.2 Å². The number of methoxy groups -OCH3 is 2. The second-order valence-electron chi connectivity index (χ2n) is 7.06. The highest BCUT2D eigenvalue weighted by atomic mass is 32.2. The maximum Gasteiger partial charge on any atom is 0.337 e. The lowest BCUT2D eigenvalue weighted by Crippen LogP contribution is -2.21. The molecule has 0 fully saturated rings. The fourth-order valence-electron chi connectivity index (χ4n) is 2.95. The Hall–Kier alpha value is -4.38. The van der Waals surface area contributed by atoms with E-state index in [0.717, 1.165) is 0 Å². The molecule has 3 aromatic rings. The third-order valence-electron chi connectivity index (χ3n) is 4.59. The Bertz CT molecular complexity index is 1290. The molecule has 0 atom stereocenters. The van der Waals surface area contributed by atoms with Crippen LogP contribution in [0, 0.1) is 0 Å². The Morgan fingerprint density at radius 3 is 1.89 bits per heavy atom. The molecule has 0 aliphatic heterocycles. The van der Waals surface area contributed by atoms with E-state index in [4.69, 9.17) is 4.74 Å². The number of hydrogen-bond donors (Lipinski definition) is 2. The van der Waals surface area contributed by atoms with Crippen molar-refractivity contribution in [2.75, 3.05) is 30.9 Å². The minimum atomic E-state index is -3.79. The zero-order valence-electron chi connectivity index (χ0n) is 18.8. The van der Waals surface area contributed by atoms with Crippen LogP contribution in [0.4, 0.5) is 11.4 Å². The molecule has 0 aromatic heterocycles. The SMILES string of the molecule is COC(=O)c1cc(NC(=O)COc2ccc(S(=O)(=O)Nc3ccccc3)cc2)cc(C(=O)OC)c1. The van der Waals surface area contributed by atoms with Crippen LogP contribution in [0.1, 0.15) is 20.7 Å². The number of amides is 1. The van der Waals surface area contributed by atoms with Crippen LogP contribution in [0.25, 0.3) is 0 Å². The van der Waals surface area contributed by atoms with Crippen LogP contribution < -0.4 is 14.8 Å². The maximum absolute atomic E-state index is 12.5. The summed E-state index contributed by atoms with van der Waals surface area (Å²) in [5.41, 5.74) is 0.687. The number of anilines is 2. The van der Waals surface area contributed by atoms with E-state index in [2.05, 4.69) is 19.5 Å². The predicted octanol–water partition coefficient (Wildman–Crippen LogP) is 3.08. The summed E-state index contributed by atoms with van der Waals surface area (Å²) in [6.07, 6.45) is 0. The molecule has 3 rings (SSSR count). The Morgan fingerprint density at radius 1 is 0.771 bits per heavy atom. The van der Waals surface area contributed by atoms with Gasteiger partial charge in [-0.3, -0.25) is 9.52 Å². The highest BCUT2D eigenvalue weighted by Crippen LogP contribution is 2.20. The van der Waals surface area contributed by atoms with E-state index in [1.165, 1.54) is 56.7 Å². The summed E-state index contributed by atoms with van der Waals surface area (Å²) in [4.78, 5) is 36.1. The van der Waals surface area contributed by atoms with Gasteiger partial charge in [0.15, 0.2) is 6.61 Å². The lowest BCUT2D eigenvalue weighted by molar-refractivity contribution is -0.118. The maximum atomic E-state index is 12.5.